The lowest BCUT2D eigenvalue weighted by atomic mass is 10.1. The Bertz CT molecular complexity index is 1510. The van der Waals surface area contributed by atoms with Crippen LogP contribution < -0.4 is 28.6 Å². The van der Waals surface area contributed by atoms with E-state index >= 15 is 0 Å². The summed E-state index contributed by atoms with van der Waals surface area (Å²) in [6, 6.07) is 26.5. The van der Waals surface area contributed by atoms with Crippen molar-refractivity contribution in [3.8, 4) is 28.7 Å². The molecule has 5 rings (SSSR count). The molecule has 4 aromatic carbocycles. The molecule has 1 heterocycles. The number of fused-ring (bicyclic) bond motifs is 1. The largest absolute Gasteiger partial charge is 0.493 e. The number of hydrogen-bond acceptors (Lipinski definition) is 7. The summed E-state index contributed by atoms with van der Waals surface area (Å²) < 4.78 is 27.9. The molecule has 0 unspecified atom stereocenters. The second-order valence-electron chi connectivity index (χ2n) is 8.40. The molecule has 1 aliphatic heterocycles. The Kier molecular flexibility index (Phi) is 7.18. The molecule has 39 heavy (non-hydrogen) atoms. The second-order valence-corrected chi connectivity index (χ2v) is 8.40. The summed E-state index contributed by atoms with van der Waals surface area (Å²) in [6.45, 7) is 0. The Morgan fingerprint density at radius 3 is 2.00 bits per heavy atom. The number of amides is 1. The minimum atomic E-state index is -0.609. The predicted octanol–water partition coefficient (Wildman–Crippen LogP) is 6.67. The van der Waals surface area contributed by atoms with Crippen molar-refractivity contribution in [1.82, 2.24) is 0 Å². The molecule has 4 aromatic rings. The van der Waals surface area contributed by atoms with E-state index in [1.54, 1.807) is 30.3 Å². The number of carbonyl (C=O) groups excluding carboxylic acids is 2. The van der Waals surface area contributed by atoms with Gasteiger partial charge in [-0.2, -0.15) is 0 Å². The quantitative estimate of drug-likeness (QED) is 0.250. The Morgan fingerprint density at radius 2 is 1.41 bits per heavy atom. The number of hydrogen-bond donors (Lipinski definition) is 0. The van der Waals surface area contributed by atoms with Gasteiger partial charge in [0.05, 0.1) is 38.3 Å². The number of allylic oxidation sites excluding steroid dienone is 1. The van der Waals surface area contributed by atoms with Crippen molar-refractivity contribution in [1.29, 1.82) is 0 Å². The van der Waals surface area contributed by atoms with E-state index < -0.39 is 6.09 Å². The summed E-state index contributed by atoms with van der Waals surface area (Å²) in [6.07, 6.45) is 0.962. The van der Waals surface area contributed by atoms with Crippen LogP contribution in [-0.2, 0) is 0 Å². The van der Waals surface area contributed by atoms with Gasteiger partial charge in [0.2, 0.25) is 11.5 Å². The van der Waals surface area contributed by atoms with Crippen molar-refractivity contribution in [3.63, 3.8) is 0 Å². The van der Waals surface area contributed by atoms with Gasteiger partial charge in [-0.15, -0.1) is 0 Å². The van der Waals surface area contributed by atoms with Crippen molar-refractivity contribution in [2.24, 2.45) is 0 Å². The van der Waals surface area contributed by atoms with Crippen LogP contribution in [0.4, 0.5) is 16.2 Å². The number of nitrogens with zero attached hydrogens (tertiary/aromatic N) is 1. The maximum atomic E-state index is 13.3. The normalized spacial score (nSPS) is 12.9. The van der Waals surface area contributed by atoms with Crippen LogP contribution in [0.15, 0.2) is 96.8 Å². The lowest BCUT2D eigenvalue weighted by molar-refractivity contribution is 0.101. The number of benzene rings is 4. The van der Waals surface area contributed by atoms with Crippen LogP contribution in [0.3, 0.4) is 0 Å². The number of ether oxygens (including phenoxy) is 5. The van der Waals surface area contributed by atoms with E-state index in [0.29, 0.717) is 39.8 Å². The second kappa shape index (κ2) is 11.0. The molecule has 1 aliphatic rings. The summed E-state index contributed by atoms with van der Waals surface area (Å²) in [4.78, 5) is 27.9. The molecular formula is C31H25NO7. The van der Waals surface area contributed by atoms with E-state index in [-0.39, 0.29) is 23.0 Å². The monoisotopic (exact) mass is 523 g/mol. The lowest BCUT2D eigenvalue weighted by Crippen LogP contribution is -2.29. The summed E-state index contributed by atoms with van der Waals surface area (Å²) >= 11 is 0. The summed E-state index contributed by atoms with van der Waals surface area (Å²) in [5.74, 6) is 1.57. The Morgan fingerprint density at radius 1 is 0.769 bits per heavy atom. The first-order valence-corrected chi connectivity index (χ1v) is 12.0. The van der Waals surface area contributed by atoms with Crippen LogP contribution in [0.25, 0.3) is 6.08 Å². The Hall–Kier alpha value is -5.24. The van der Waals surface area contributed by atoms with Crippen LogP contribution in [0.2, 0.25) is 0 Å². The average Bonchev–Trinajstić information content (AvgIpc) is 3.27. The fraction of sp³-hybridized carbons (Fsp3) is 0.0968. The Balaban J connectivity index is 1.42. The van der Waals surface area contributed by atoms with Gasteiger partial charge in [0.1, 0.15) is 11.5 Å². The molecule has 1 amide bonds. The first kappa shape index (κ1) is 25.4. The number of methoxy groups -OCH3 is 3. The third-order valence-electron chi connectivity index (χ3n) is 6.08. The van der Waals surface area contributed by atoms with Gasteiger partial charge >= 0.3 is 6.09 Å². The van der Waals surface area contributed by atoms with Gasteiger partial charge in [-0.3, -0.25) is 4.79 Å². The third kappa shape index (κ3) is 5.00. The van der Waals surface area contributed by atoms with Gasteiger partial charge in [-0.25, -0.2) is 9.69 Å². The first-order valence-electron chi connectivity index (χ1n) is 12.0. The minimum Gasteiger partial charge on any atom is -0.493 e. The van der Waals surface area contributed by atoms with Gasteiger partial charge in [-0.05, 0) is 54.6 Å². The number of para-hydroxylation sites is 2. The molecule has 8 heteroatoms. The maximum Gasteiger partial charge on any atom is 0.424 e. The van der Waals surface area contributed by atoms with E-state index in [2.05, 4.69) is 0 Å². The molecule has 0 saturated carbocycles. The molecule has 196 valence electrons. The smallest absolute Gasteiger partial charge is 0.424 e. The van der Waals surface area contributed by atoms with Gasteiger partial charge in [0, 0.05) is 11.6 Å². The SMILES string of the molecule is COc1ccc(C=C2Oc3cc(OC(=O)N(c4ccccc4)c4ccccc4)ccc3C2=O)c(OC)c1OC. The van der Waals surface area contributed by atoms with E-state index in [4.69, 9.17) is 23.7 Å². The van der Waals surface area contributed by atoms with Crippen LogP contribution in [0, 0.1) is 0 Å². The fourth-order valence-corrected chi connectivity index (χ4v) is 4.27. The molecule has 8 nitrogen and oxygen atoms in total. The van der Waals surface area contributed by atoms with Crippen molar-refractivity contribution < 1.29 is 33.3 Å². The molecule has 0 radical (unpaired) electrons. The molecule has 0 saturated heterocycles. The molecule has 0 atom stereocenters. The van der Waals surface area contributed by atoms with Crippen LogP contribution in [0.1, 0.15) is 15.9 Å². The summed E-state index contributed by atoms with van der Waals surface area (Å²) in [5.41, 5.74) is 2.22. The van der Waals surface area contributed by atoms with Crippen LogP contribution >= 0.6 is 0 Å². The number of carbonyl (C=O) groups is 2. The van der Waals surface area contributed by atoms with E-state index in [0.717, 1.165) is 0 Å². The fourth-order valence-electron chi connectivity index (χ4n) is 4.27. The zero-order valence-electron chi connectivity index (χ0n) is 21.5. The van der Waals surface area contributed by atoms with Gasteiger partial charge in [0.15, 0.2) is 17.3 Å². The molecule has 0 spiro atoms. The van der Waals surface area contributed by atoms with Crippen LogP contribution in [-0.4, -0.2) is 33.2 Å². The lowest BCUT2D eigenvalue weighted by Gasteiger charge is -2.22. The minimum absolute atomic E-state index is 0.0918. The Labute approximate surface area is 225 Å². The van der Waals surface area contributed by atoms with Crippen molar-refractivity contribution >= 4 is 29.3 Å². The van der Waals surface area contributed by atoms with Crippen LogP contribution in [0.5, 0.6) is 28.7 Å². The van der Waals surface area contributed by atoms with Gasteiger partial charge in [-0.1, -0.05) is 36.4 Å². The summed E-state index contributed by atoms with van der Waals surface area (Å²) in [5, 5.41) is 0. The van der Waals surface area contributed by atoms with Gasteiger partial charge in [0.25, 0.3) is 0 Å². The van der Waals surface area contributed by atoms with Crippen molar-refractivity contribution in [3.05, 3.63) is 108 Å². The van der Waals surface area contributed by atoms with Crippen molar-refractivity contribution in [2.45, 2.75) is 0 Å². The molecule has 0 fully saturated rings. The molecule has 0 aromatic heterocycles. The number of Topliss-reactive ketones (excluding diaryl/α,β-unsaturated/α-hetero) is 1. The molecular weight excluding hydrogens is 498 g/mol. The zero-order valence-corrected chi connectivity index (χ0v) is 21.5. The van der Waals surface area contributed by atoms with Crippen molar-refractivity contribution in [2.75, 3.05) is 26.2 Å². The topological polar surface area (TPSA) is 83.5 Å². The maximum absolute atomic E-state index is 13.3. The van der Waals surface area contributed by atoms with E-state index in [9.17, 15) is 9.59 Å². The highest BCUT2D eigenvalue weighted by atomic mass is 16.6. The summed E-state index contributed by atoms with van der Waals surface area (Å²) in [7, 11) is 4.53. The zero-order chi connectivity index (χ0) is 27.4. The highest BCUT2D eigenvalue weighted by Gasteiger charge is 2.29. The number of rotatable bonds is 7. The standard InChI is InChI=1S/C31H25NO7/c1-35-25-17-14-20(29(36-2)30(25)37-3)18-27-28(33)24-16-15-23(19-26(24)39-27)38-31(34)32(21-10-6-4-7-11-21)22-12-8-5-9-13-22/h4-19H,1-3H3. The first-order chi connectivity index (χ1) is 19.0. The average molecular weight is 524 g/mol. The molecule has 0 bridgehead atoms. The highest BCUT2D eigenvalue weighted by Crippen LogP contribution is 2.42. The predicted molar refractivity (Wildman–Crippen MR) is 147 cm³/mol. The number of ketones is 1. The molecule has 0 aliphatic carbocycles. The van der Waals surface area contributed by atoms with E-state index in [1.165, 1.54) is 32.3 Å². The third-order valence-corrected chi connectivity index (χ3v) is 6.08. The van der Waals surface area contributed by atoms with E-state index in [1.807, 2.05) is 60.7 Å². The number of anilines is 2. The molecule has 0 N–H and O–H groups in total. The highest BCUT2D eigenvalue weighted by molar-refractivity contribution is 6.14. The van der Waals surface area contributed by atoms with Gasteiger partial charge < -0.3 is 23.7 Å².